The minimum atomic E-state index is -0.330. The normalized spacial score (nSPS) is 16.0. The van der Waals surface area contributed by atoms with Crippen molar-refractivity contribution in [3.05, 3.63) is 35.4 Å². The summed E-state index contributed by atoms with van der Waals surface area (Å²) in [6.07, 6.45) is 3.84. The van der Waals surface area contributed by atoms with Crippen molar-refractivity contribution in [3.8, 4) is 6.07 Å². The van der Waals surface area contributed by atoms with Crippen molar-refractivity contribution in [2.24, 2.45) is 0 Å². The number of nitrogens with zero attached hydrogens (tertiary/aromatic N) is 2. The van der Waals surface area contributed by atoms with Crippen LogP contribution in [0, 0.1) is 11.3 Å². The van der Waals surface area contributed by atoms with Gasteiger partial charge in [-0.3, -0.25) is 4.79 Å². The number of amides is 1. The van der Waals surface area contributed by atoms with Crippen LogP contribution in [0.5, 0.6) is 0 Å². The first kappa shape index (κ1) is 17.0. The van der Waals surface area contributed by atoms with Crippen LogP contribution in [-0.2, 0) is 4.79 Å². The number of hydrogen-bond donors (Lipinski definition) is 2. The maximum Gasteiger partial charge on any atom is 0.261 e. The molecule has 0 aromatic heterocycles. The van der Waals surface area contributed by atoms with Gasteiger partial charge in [0.25, 0.3) is 5.91 Å². The van der Waals surface area contributed by atoms with Crippen LogP contribution >= 0.6 is 0 Å². The molecule has 1 heterocycles. The van der Waals surface area contributed by atoms with Gasteiger partial charge in [-0.05, 0) is 43.0 Å². The fourth-order valence-electron chi connectivity index (χ4n) is 2.55. The number of carbonyl (C=O) groups excluding carboxylic acids is 1. The number of rotatable bonds is 5. The van der Waals surface area contributed by atoms with Crippen LogP contribution in [0.3, 0.4) is 0 Å². The van der Waals surface area contributed by atoms with Crippen LogP contribution in [0.1, 0.15) is 31.7 Å². The van der Waals surface area contributed by atoms with Gasteiger partial charge < -0.3 is 15.3 Å². The summed E-state index contributed by atoms with van der Waals surface area (Å²) < 4.78 is 0. The van der Waals surface area contributed by atoms with Gasteiger partial charge in [0, 0.05) is 25.3 Å². The third-order valence-electron chi connectivity index (χ3n) is 3.93. The van der Waals surface area contributed by atoms with Crippen molar-refractivity contribution in [2.75, 3.05) is 24.5 Å². The molecule has 1 aromatic carbocycles. The van der Waals surface area contributed by atoms with Crippen LogP contribution in [-0.4, -0.2) is 36.8 Å². The minimum absolute atomic E-state index is 0.118. The van der Waals surface area contributed by atoms with Crippen LogP contribution < -0.4 is 10.2 Å². The van der Waals surface area contributed by atoms with Crippen LogP contribution in [0.4, 0.5) is 5.69 Å². The SMILES string of the molecule is CCCNC(=O)C(C#N)=Cc1ccc(N2CCC(O)CC2)cc1. The largest absolute Gasteiger partial charge is 0.393 e. The van der Waals surface area contributed by atoms with Crippen molar-refractivity contribution >= 4 is 17.7 Å². The number of anilines is 1. The summed E-state index contributed by atoms with van der Waals surface area (Å²) in [4.78, 5) is 14.1. The predicted molar refractivity (Wildman–Crippen MR) is 90.8 cm³/mol. The van der Waals surface area contributed by atoms with Crippen molar-refractivity contribution in [1.29, 1.82) is 5.26 Å². The van der Waals surface area contributed by atoms with Gasteiger partial charge in [-0.1, -0.05) is 19.1 Å². The lowest BCUT2D eigenvalue weighted by Crippen LogP contribution is -2.35. The molecule has 5 heteroatoms. The second-order valence-corrected chi connectivity index (χ2v) is 5.74. The summed E-state index contributed by atoms with van der Waals surface area (Å²) in [6.45, 7) is 4.23. The molecule has 1 aliphatic heterocycles. The number of carbonyl (C=O) groups is 1. The van der Waals surface area contributed by atoms with E-state index in [4.69, 9.17) is 5.26 Å². The first-order valence-electron chi connectivity index (χ1n) is 8.07. The maximum atomic E-state index is 11.8. The predicted octanol–water partition coefficient (Wildman–Crippen LogP) is 2.08. The molecule has 0 aliphatic carbocycles. The molecule has 5 nitrogen and oxygen atoms in total. The van der Waals surface area contributed by atoms with Crippen LogP contribution in [0.2, 0.25) is 0 Å². The van der Waals surface area contributed by atoms with E-state index in [1.165, 1.54) is 0 Å². The van der Waals surface area contributed by atoms with E-state index in [9.17, 15) is 9.90 Å². The molecule has 0 bridgehead atoms. The van der Waals surface area contributed by atoms with E-state index in [-0.39, 0.29) is 17.6 Å². The molecule has 2 rings (SSSR count). The summed E-state index contributed by atoms with van der Waals surface area (Å²) in [6, 6.07) is 9.75. The van der Waals surface area contributed by atoms with Crippen molar-refractivity contribution in [3.63, 3.8) is 0 Å². The third-order valence-corrected chi connectivity index (χ3v) is 3.93. The summed E-state index contributed by atoms with van der Waals surface area (Å²) in [7, 11) is 0. The van der Waals surface area contributed by atoms with E-state index in [2.05, 4.69) is 10.2 Å². The summed E-state index contributed by atoms with van der Waals surface area (Å²) >= 11 is 0. The molecular weight excluding hydrogens is 290 g/mol. The third kappa shape index (κ3) is 4.83. The Balaban J connectivity index is 2.05. The van der Waals surface area contributed by atoms with Gasteiger partial charge in [-0.25, -0.2) is 0 Å². The average Bonchev–Trinajstić information content (AvgIpc) is 2.59. The van der Waals surface area contributed by atoms with E-state index in [0.717, 1.165) is 43.6 Å². The molecular formula is C18H23N3O2. The van der Waals surface area contributed by atoms with Gasteiger partial charge in [-0.2, -0.15) is 5.26 Å². The smallest absolute Gasteiger partial charge is 0.261 e. The number of aliphatic hydroxyl groups excluding tert-OH is 1. The Morgan fingerprint density at radius 3 is 2.61 bits per heavy atom. The zero-order valence-electron chi connectivity index (χ0n) is 13.5. The highest BCUT2D eigenvalue weighted by Crippen LogP contribution is 2.21. The van der Waals surface area contributed by atoms with E-state index in [1.807, 2.05) is 37.3 Å². The number of nitrogens with one attached hydrogen (secondary N) is 1. The number of nitriles is 1. The Labute approximate surface area is 137 Å². The number of hydrogen-bond acceptors (Lipinski definition) is 4. The molecule has 122 valence electrons. The zero-order chi connectivity index (χ0) is 16.7. The highest BCUT2D eigenvalue weighted by atomic mass is 16.3. The number of aliphatic hydroxyl groups is 1. The first-order chi connectivity index (χ1) is 11.1. The highest BCUT2D eigenvalue weighted by Gasteiger charge is 2.17. The van der Waals surface area contributed by atoms with Crippen LogP contribution in [0.15, 0.2) is 29.8 Å². The number of piperidine rings is 1. The summed E-state index contributed by atoms with van der Waals surface area (Å²) in [5.74, 6) is -0.330. The molecule has 1 amide bonds. The minimum Gasteiger partial charge on any atom is -0.393 e. The Hall–Kier alpha value is -2.32. The topological polar surface area (TPSA) is 76.4 Å². The molecule has 23 heavy (non-hydrogen) atoms. The van der Waals surface area contributed by atoms with Crippen LogP contribution in [0.25, 0.3) is 6.08 Å². The molecule has 0 atom stereocenters. The average molecular weight is 313 g/mol. The maximum absolute atomic E-state index is 11.8. The fraction of sp³-hybridized carbons (Fsp3) is 0.444. The van der Waals surface area contributed by atoms with Gasteiger partial charge in [0.2, 0.25) is 0 Å². The van der Waals surface area contributed by atoms with E-state index >= 15 is 0 Å². The van der Waals surface area contributed by atoms with Gasteiger partial charge in [-0.15, -0.1) is 0 Å². The van der Waals surface area contributed by atoms with Gasteiger partial charge in [0.1, 0.15) is 11.6 Å². The number of benzene rings is 1. The second kappa shape index (κ2) is 8.35. The lowest BCUT2D eigenvalue weighted by molar-refractivity contribution is -0.117. The van der Waals surface area contributed by atoms with E-state index in [0.29, 0.717) is 6.54 Å². The molecule has 1 fully saturated rings. The quantitative estimate of drug-likeness (QED) is 0.644. The molecule has 0 radical (unpaired) electrons. The Bertz CT molecular complexity index is 594. The van der Waals surface area contributed by atoms with E-state index in [1.54, 1.807) is 6.08 Å². The molecule has 2 N–H and O–H groups in total. The lowest BCUT2D eigenvalue weighted by Gasteiger charge is -2.31. The molecule has 0 unspecified atom stereocenters. The second-order valence-electron chi connectivity index (χ2n) is 5.74. The first-order valence-corrected chi connectivity index (χ1v) is 8.07. The monoisotopic (exact) mass is 313 g/mol. The van der Waals surface area contributed by atoms with Crippen molar-refractivity contribution in [2.45, 2.75) is 32.3 Å². The van der Waals surface area contributed by atoms with Crippen molar-refractivity contribution in [1.82, 2.24) is 5.32 Å². The van der Waals surface area contributed by atoms with Gasteiger partial charge in [0.15, 0.2) is 0 Å². The summed E-state index contributed by atoms with van der Waals surface area (Å²) in [5, 5.41) is 21.4. The highest BCUT2D eigenvalue weighted by molar-refractivity contribution is 6.01. The van der Waals surface area contributed by atoms with Gasteiger partial charge in [0.05, 0.1) is 6.10 Å². The standard InChI is InChI=1S/C18H23N3O2/c1-2-9-20-18(23)15(13-19)12-14-3-5-16(6-4-14)21-10-7-17(22)8-11-21/h3-6,12,17,22H,2,7-11H2,1H3,(H,20,23). The lowest BCUT2D eigenvalue weighted by atomic mass is 10.1. The molecule has 0 saturated carbocycles. The summed E-state index contributed by atoms with van der Waals surface area (Å²) in [5.41, 5.74) is 2.05. The van der Waals surface area contributed by atoms with Gasteiger partial charge >= 0.3 is 0 Å². The Kier molecular flexibility index (Phi) is 6.19. The fourth-order valence-corrected chi connectivity index (χ4v) is 2.55. The Morgan fingerprint density at radius 2 is 2.04 bits per heavy atom. The Morgan fingerprint density at radius 1 is 1.39 bits per heavy atom. The van der Waals surface area contributed by atoms with E-state index < -0.39 is 0 Å². The molecule has 1 aromatic rings. The zero-order valence-corrected chi connectivity index (χ0v) is 13.5. The molecule has 0 spiro atoms. The van der Waals surface area contributed by atoms with Crippen molar-refractivity contribution < 1.29 is 9.90 Å². The molecule has 1 aliphatic rings. The molecule has 1 saturated heterocycles.